The van der Waals surface area contributed by atoms with Crippen molar-refractivity contribution >= 4 is 0 Å². The third-order valence-corrected chi connectivity index (χ3v) is 2.66. The SMILES string of the molecule is N#CC(COCC1CCCC1)C(F)(F)F. The maximum atomic E-state index is 12.1. The lowest BCUT2D eigenvalue weighted by molar-refractivity contribution is -0.172. The molecule has 1 unspecified atom stereocenters. The Balaban J connectivity index is 2.20. The van der Waals surface area contributed by atoms with E-state index in [1.165, 1.54) is 6.07 Å². The third kappa shape index (κ3) is 4.08. The fourth-order valence-electron chi connectivity index (χ4n) is 1.73. The second-order valence-corrected chi connectivity index (χ2v) is 3.91. The molecule has 2 nitrogen and oxygen atoms in total. The van der Waals surface area contributed by atoms with E-state index in [-0.39, 0.29) is 0 Å². The van der Waals surface area contributed by atoms with Crippen LogP contribution in [0.25, 0.3) is 0 Å². The van der Waals surface area contributed by atoms with Gasteiger partial charge in [0.2, 0.25) is 0 Å². The van der Waals surface area contributed by atoms with Gasteiger partial charge in [-0.25, -0.2) is 0 Å². The zero-order valence-corrected chi connectivity index (χ0v) is 8.39. The standard InChI is InChI=1S/C10H14F3NO/c11-10(12,13)9(5-14)7-15-6-8-3-1-2-4-8/h8-9H,1-4,6-7H2. The highest BCUT2D eigenvalue weighted by Gasteiger charge is 2.40. The van der Waals surface area contributed by atoms with Crippen LogP contribution in [0.2, 0.25) is 0 Å². The Morgan fingerprint density at radius 1 is 1.33 bits per heavy atom. The zero-order chi connectivity index (χ0) is 11.3. The van der Waals surface area contributed by atoms with Crippen molar-refractivity contribution in [2.75, 3.05) is 13.2 Å². The Hall–Kier alpha value is -0.760. The highest BCUT2D eigenvalue weighted by molar-refractivity contribution is 4.88. The van der Waals surface area contributed by atoms with Crippen LogP contribution in [0.5, 0.6) is 0 Å². The lowest BCUT2D eigenvalue weighted by Crippen LogP contribution is -2.26. The van der Waals surface area contributed by atoms with E-state index in [1.54, 1.807) is 0 Å². The fourth-order valence-corrected chi connectivity index (χ4v) is 1.73. The van der Waals surface area contributed by atoms with Crippen LogP contribution in [0, 0.1) is 23.2 Å². The molecule has 0 heterocycles. The van der Waals surface area contributed by atoms with Crippen LogP contribution in [-0.2, 0) is 4.74 Å². The van der Waals surface area contributed by atoms with E-state index in [4.69, 9.17) is 10.00 Å². The van der Waals surface area contributed by atoms with Gasteiger partial charge >= 0.3 is 6.18 Å². The Kier molecular flexibility index (Phi) is 4.40. The van der Waals surface area contributed by atoms with Gasteiger partial charge in [-0.05, 0) is 18.8 Å². The van der Waals surface area contributed by atoms with Crippen LogP contribution < -0.4 is 0 Å². The lowest BCUT2D eigenvalue weighted by atomic mass is 10.1. The van der Waals surface area contributed by atoms with Crippen molar-refractivity contribution in [3.8, 4) is 6.07 Å². The summed E-state index contributed by atoms with van der Waals surface area (Å²) in [5.74, 6) is -1.60. The van der Waals surface area contributed by atoms with Crippen LogP contribution in [0.4, 0.5) is 13.2 Å². The summed E-state index contributed by atoms with van der Waals surface area (Å²) in [5.41, 5.74) is 0. The van der Waals surface area contributed by atoms with Gasteiger partial charge in [-0.3, -0.25) is 0 Å². The maximum Gasteiger partial charge on any atom is 0.406 e. The predicted molar refractivity (Wildman–Crippen MR) is 47.9 cm³/mol. The van der Waals surface area contributed by atoms with Crippen molar-refractivity contribution in [1.29, 1.82) is 5.26 Å². The first-order valence-corrected chi connectivity index (χ1v) is 5.08. The Labute approximate surface area is 87.0 Å². The normalized spacial score (nSPS) is 20.1. The number of hydrogen-bond acceptors (Lipinski definition) is 2. The quantitative estimate of drug-likeness (QED) is 0.731. The Morgan fingerprint density at radius 2 is 1.93 bits per heavy atom. The molecule has 0 bridgehead atoms. The van der Waals surface area contributed by atoms with Crippen molar-refractivity contribution in [2.45, 2.75) is 31.9 Å². The first-order valence-electron chi connectivity index (χ1n) is 5.08. The largest absolute Gasteiger partial charge is 0.406 e. The highest BCUT2D eigenvalue weighted by atomic mass is 19.4. The highest BCUT2D eigenvalue weighted by Crippen LogP contribution is 2.27. The average molecular weight is 221 g/mol. The van der Waals surface area contributed by atoms with Gasteiger partial charge in [0.05, 0.1) is 12.7 Å². The van der Waals surface area contributed by atoms with Crippen molar-refractivity contribution in [2.24, 2.45) is 11.8 Å². The molecule has 0 aromatic heterocycles. The molecule has 0 amide bonds. The van der Waals surface area contributed by atoms with Crippen molar-refractivity contribution in [1.82, 2.24) is 0 Å². The van der Waals surface area contributed by atoms with Crippen LogP contribution in [0.15, 0.2) is 0 Å². The van der Waals surface area contributed by atoms with E-state index >= 15 is 0 Å². The monoisotopic (exact) mass is 221 g/mol. The van der Waals surface area contributed by atoms with Crippen LogP contribution >= 0.6 is 0 Å². The maximum absolute atomic E-state index is 12.1. The fraction of sp³-hybridized carbons (Fsp3) is 0.900. The van der Waals surface area contributed by atoms with Crippen LogP contribution in [-0.4, -0.2) is 19.4 Å². The molecule has 0 N–H and O–H groups in total. The Morgan fingerprint density at radius 3 is 2.40 bits per heavy atom. The molecule has 0 radical (unpaired) electrons. The molecule has 0 saturated heterocycles. The zero-order valence-electron chi connectivity index (χ0n) is 8.39. The van der Waals surface area contributed by atoms with Crippen molar-refractivity contribution < 1.29 is 17.9 Å². The molecule has 1 saturated carbocycles. The van der Waals surface area contributed by atoms with Gasteiger partial charge in [0.1, 0.15) is 0 Å². The van der Waals surface area contributed by atoms with E-state index < -0.39 is 18.7 Å². The van der Waals surface area contributed by atoms with E-state index in [9.17, 15) is 13.2 Å². The molecule has 15 heavy (non-hydrogen) atoms. The molecular weight excluding hydrogens is 207 g/mol. The van der Waals surface area contributed by atoms with Crippen LogP contribution in [0.1, 0.15) is 25.7 Å². The molecule has 1 fully saturated rings. The second kappa shape index (κ2) is 5.36. The van der Waals surface area contributed by atoms with E-state index in [1.807, 2.05) is 0 Å². The summed E-state index contributed by atoms with van der Waals surface area (Å²) < 4.78 is 41.3. The van der Waals surface area contributed by atoms with E-state index in [0.717, 1.165) is 25.7 Å². The number of halogens is 3. The number of ether oxygens (including phenoxy) is 1. The molecule has 86 valence electrons. The minimum atomic E-state index is -4.47. The minimum Gasteiger partial charge on any atom is -0.379 e. The molecule has 0 aliphatic heterocycles. The molecule has 1 aliphatic rings. The van der Waals surface area contributed by atoms with Gasteiger partial charge in [-0.2, -0.15) is 18.4 Å². The molecule has 0 aromatic rings. The van der Waals surface area contributed by atoms with E-state index in [0.29, 0.717) is 12.5 Å². The summed E-state index contributed by atoms with van der Waals surface area (Å²) in [4.78, 5) is 0. The topological polar surface area (TPSA) is 33.0 Å². The summed E-state index contributed by atoms with van der Waals surface area (Å²) in [6, 6.07) is 1.22. The first kappa shape index (κ1) is 12.3. The number of alkyl halides is 3. The van der Waals surface area contributed by atoms with Gasteiger partial charge in [-0.15, -0.1) is 0 Å². The number of rotatable bonds is 4. The average Bonchev–Trinajstić information content (AvgIpc) is 2.62. The van der Waals surface area contributed by atoms with Gasteiger partial charge in [0, 0.05) is 6.61 Å². The molecule has 1 aliphatic carbocycles. The smallest absolute Gasteiger partial charge is 0.379 e. The summed E-state index contributed by atoms with van der Waals surface area (Å²) in [6.45, 7) is -0.176. The van der Waals surface area contributed by atoms with Crippen molar-refractivity contribution in [3.05, 3.63) is 0 Å². The number of nitrogens with zero attached hydrogens (tertiary/aromatic N) is 1. The van der Waals surface area contributed by atoms with Crippen molar-refractivity contribution in [3.63, 3.8) is 0 Å². The molecule has 0 aromatic carbocycles. The summed E-state index contributed by atoms with van der Waals surface area (Å²) >= 11 is 0. The third-order valence-electron chi connectivity index (χ3n) is 2.66. The second-order valence-electron chi connectivity index (χ2n) is 3.91. The predicted octanol–water partition coefficient (Wildman–Crippen LogP) is 2.90. The summed E-state index contributed by atoms with van der Waals surface area (Å²) in [7, 11) is 0. The molecule has 1 atom stereocenters. The van der Waals surface area contributed by atoms with Gasteiger partial charge in [0.25, 0.3) is 0 Å². The van der Waals surface area contributed by atoms with Gasteiger partial charge in [-0.1, -0.05) is 12.8 Å². The molecular formula is C10H14F3NO. The van der Waals surface area contributed by atoms with Crippen LogP contribution in [0.3, 0.4) is 0 Å². The lowest BCUT2D eigenvalue weighted by Gasteiger charge is -2.15. The van der Waals surface area contributed by atoms with Gasteiger partial charge in [0.15, 0.2) is 5.92 Å². The molecule has 5 heteroatoms. The summed E-state index contributed by atoms with van der Waals surface area (Å²) in [6.07, 6.45) is -0.138. The summed E-state index contributed by atoms with van der Waals surface area (Å²) in [5, 5.41) is 8.30. The molecule has 0 spiro atoms. The molecule has 1 rings (SSSR count). The van der Waals surface area contributed by atoms with E-state index in [2.05, 4.69) is 0 Å². The van der Waals surface area contributed by atoms with Gasteiger partial charge < -0.3 is 4.74 Å². The number of hydrogen-bond donors (Lipinski definition) is 0. The number of nitriles is 1. The minimum absolute atomic E-state index is 0.355. The first-order chi connectivity index (χ1) is 7.04. The Bertz CT molecular complexity index is 228.